The molecule has 5 nitrogen and oxygen atoms in total. The molecule has 2 aromatic rings. The van der Waals surface area contributed by atoms with Crippen LogP contribution in [0.2, 0.25) is 0 Å². The first-order valence-corrected chi connectivity index (χ1v) is 12.0. The third kappa shape index (κ3) is 5.10. The van der Waals surface area contributed by atoms with E-state index in [1.165, 1.54) is 9.87 Å². The second-order valence-corrected chi connectivity index (χ2v) is 11.1. The normalized spacial score (nSPS) is 19.3. The fourth-order valence-electron chi connectivity index (χ4n) is 3.80. The predicted octanol–water partition coefficient (Wildman–Crippen LogP) is 4.26. The van der Waals surface area contributed by atoms with Crippen LogP contribution in [0.3, 0.4) is 0 Å². The molecule has 1 N–H and O–H groups in total. The number of rotatable bonds is 5. The number of carbonyl (C=O) groups excluding carboxylic acids is 1. The van der Waals surface area contributed by atoms with Gasteiger partial charge in [-0.2, -0.15) is 4.31 Å². The van der Waals surface area contributed by atoms with Crippen molar-refractivity contribution >= 4 is 15.9 Å². The molecule has 0 aliphatic carbocycles. The van der Waals surface area contributed by atoms with Crippen LogP contribution in [0.15, 0.2) is 59.5 Å². The Hall–Kier alpha value is -2.18. The van der Waals surface area contributed by atoms with Gasteiger partial charge in [0, 0.05) is 13.1 Å². The smallest absolute Gasteiger partial charge is 0.243 e. The van der Waals surface area contributed by atoms with Crippen LogP contribution in [0, 0.1) is 5.92 Å². The van der Waals surface area contributed by atoms with E-state index >= 15 is 0 Å². The molecule has 2 aromatic carbocycles. The fourth-order valence-corrected chi connectivity index (χ4v) is 5.35. The number of benzene rings is 2. The molecule has 162 valence electrons. The molecule has 3 rings (SSSR count). The Kier molecular flexibility index (Phi) is 6.68. The average Bonchev–Trinajstić information content (AvgIpc) is 2.74. The van der Waals surface area contributed by atoms with Crippen LogP contribution in [-0.4, -0.2) is 31.7 Å². The van der Waals surface area contributed by atoms with Gasteiger partial charge in [0.05, 0.1) is 16.9 Å². The molecule has 0 bridgehead atoms. The Balaban J connectivity index is 1.65. The molecule has 0 unspecified atom stereocenters. The van der Waals surface area contributed by atoms with Gasteiger partial charge < -0.3 is 5.32 Å². The molecule has 2 atom stereocenters. The highest BCUT2D eigenvalue weighted by atomic mass is 32.2. The molecule has 0 radical (unpaired) electrons. The average molecular weight is 429 g/mol. The number of piperidine rings is 1. The summed E-state index contributed by atoms with van der Waals surface area (Å²) in [5.74, 6) is -0.427. The minimum absolute atomic E-state index is 0.0841. The van der Waals surface area contributed by atoms with Gasteiger partial charge in [0.15, 0.2) is 0 Å². The van der Waals surface area contributed by atoms with Crippen LogP contribution in [0.1, 0.15) is 57.7 Å². The number of amides is 1. The van der Waals surface area contributed by atoms with Gasteiger partial charge in [-0.3, -0.25) is 4.79 Å². The van der Waals surface area contributed by atoms with E-state index in [9.17, 15) is 13.2 Å². The summed E-state index contributed by atoms with van der Waals surface area (Å²) in [4.78, 5) is 13.2. The molecule has 0 spiro atoms. The van der Waals surface area contributed by atoms with Crippen LogP contribution >= 0.6 is 0 Å². The van der Waals surface area contributed by atoms with Gasteiger partial charge in [0.25, 0.3) is 0 Å². The van der Waals surface area contributed by atoms with E-state index in [1.807, 2.05) is 6.92 Å². The topological polar surface area (TPSA) is 66.5 Å². The lowest BCUT2D eigenvalue weighted by Crippen LogP contribution is -2.45. The summed E-state index contributed by atoms with van der Waals surface area (Å²) < 4.78 is 27.3. The Morgan fingerprint density at radius 2 is 1.70 bits per heavy atom. The van der Waals surface area contributed by atoms with Gasteiger partial charge >= 0.3 is 0 Å². The van der Waals surface area contributed by atoms with E-state index in [0.29, 0.717) is 19.4 Å². The zero-order valence-electron chi connectivity index (χ0n) is 18.3. The van der Waals surface area contributed by atoms with Crippen LogP contribution in [0.5, 0.6) is 0 Å². The highest BCUT2D eigenvalue weighted by molar-refractivity contribution is 7.89. The SMILES string of the molecule is C[C@@H](NC(=O)[C@H]1CCCN(S(=O)(=O)c2ccccc2)C1)c1ccc(C(C)(C)C)cc1. The number of nitrogens with zero attached hydrogens (tertiary/aromatic N) is 1. The first-order chi connectivity index (χ1) is 14.1. The predicted molar refractivity (Wildman–Crippen MR) is 120 cm³/mol. The van der Waals surface area contributed by atoms with Crippen molar-refractivity contribution in [3.05, 3.63) is 65.7 Å². The minimum atomic E-state index is -3.57. The standard InChI is InChI=1S/C24H32N2O3S/c1-18(19-12-14-21(15-13-19)24(2,3)4)25-23(27)20-9-8-16-26(17-20)30(28,29)22-10-6-5-7-11-22/h5-7,10-15,18,20H,8-9,16-17H2,1-4H3,(H,25,27)/t18-,20+/m1/s1. The number of hydrogen-bond donors (Lipinski definition) is 1. The van der Waals surface area contributed by atoms with Gasteiger partial charge in [0.1, 0.15) is 0 Å². The molecule has 0 aromatic heterocycles. The summed E-state index contributed by atoms with van der Waals surface area (Å²) in [5.41, 5.74) is 2.38. The summed E-state index contributed by atoms with van der Waals surface area (Å²) in [5, 5.41) is 3.08. The summed E-state index contributed by atoms with van der Waals surface area (Å²) in [7, 11) is -3.57. The summed E-state index contributed by atoms with van der Waals surface area (Å²) in [6, 6.07) is 16.6. The third-order valence-electron chi connectivity index (χ3n) is 5.77. The number of sulfonamides is 1. The number of carbonyl (C=O) groups is 1. The van der Waals surface area contributed by atoms with E-state index in [-0.39, 0.29) is 34.7 Å². The first-order valence-electron chi connectivity index (χ1n) is 10.5. The van der Waals surface area contributed by atoms with Gasteiger partial charge in [-0.25, -0.2) is 8.42 Å². The lowest BCUT2D eigenvalue weighted by atomic mass is 9.86. The quantitative estimate of drug-likeness (QED) is 0.774. The molecule has 1 aliphatic heterocycles. The maximum atomic E-state index is 12.9. The zero-order valence-corrected chi connectivity index (χ0v) is 19.1. The van der Waals surface area contributed by atoms with Gasteiger partial charge in [0.2, 0.25) is 15.9 Å². The Morgan fingerprint density at radius 3 is 2.30 bits per heavy atom. The van der Waals surface area contributed by atoms with E-state index in [0.717, 1.165) is 5.56 Å². The second kappa shape index (κ2) is 8.90. The number of hydrogen-bond acceptors (Lipinski definition) is 3. The summed E-state index contributed by atoms with van der Waals surface area (Å²) in [6.45, 7) is 9.15. The van der Waals surface area contributed by atoms with Crippen molar-refractivity contribution in [3.63, 3.8) is 0 Å². The molecule has 30 heavy (non-hydrogen) atoms. The summed E-state index contributed by atoms with van der Waals surface area (Å²) >= 11 is 0. The van der Waals surface area contributed by atoms with Crippen molar-refractivity contribution in [2.45, 2.75) is 56.9 Å². The van der Waals surface area contributed by atoms with E-state index in [2.05, 4.69) is 50.4 Å². The summed E-state index contributed by atoms with van der Waals surface area (Å²) in [6.07, 6.45) is 1.38. The maximum Gasteiger partial charge on any atom is 0.243 e. The molecular formula is C24H32N2O3S. The van der Waals surface area contributed by atoms with Gasteiger partial charge in [-0.1, -0.05) is 63.2 Å². The highest BCUT2D eigenvalue weighted by Gasteiger charge is 2.33. The van der Waals surface area contributed by atoms with Crippen molar-refractivity contribution in [2.24, 2.45) is 5.92 Å². The maximum absolute atomic E-state index is 12.9. The Bertz CT molecular complexity index is 964. The van der Waals surface area contributed by atoms with Crippen molar-refractivity contribution in [3.8, 4) is 0 Å². The number of nitrogens with one attached hydrogen (secondary N) is 1. The van der Waals surface area contributed by atoms with Gasteiger partial charge in [-0.05, 0) is 48.4 Å². The fraction of sp³-hybridized carbons (Fsp3) is 0.458. The van der Waals surface area contributed by atoms with Crippen LogP contribution < -0.4 is 5.32 Å². The zero-order chi connectivity index (χ0) is 21.9. The van der Waals surface area contributed by atoms with Gasteiger partial charge in [-0.15, -0.1) is 0 Å². The molecule has 1 aliphatic rings. The van der Waals surface area contributed by atoms with Crippen LogP contribution in [0.4, 0.5) is 0 Å². The molecule has 6 heteroatoms. The van der Waals surface area contributed by atoms with E-state index in [1.54, 1.807) is 30.3 Å². The third-order valence-corrected chi connectivity index (χ3v) is 7.65. The second-order valence-electron chi connectivity index (χ2n) is 9.12. The largest absolute Gasteiger partial charge is 0.349 e. The monoisotopic (exact) mass is 428 g/mol. The highest BCUT2D eigenvalue weighted by Crippen LogP contribution is 2.26. The van der Waals surface area contributed by atoms with Crippen LogP contribution in [0.25, 0.3) is 0 Å². The lowest BCUT2D eigenvalue weighted by molar-refractivity contribution is -0.126. The molecule has 1 fully saturated rings. The molecule has 0 saturated carbocycles. The van der Waals surface area contributed by atoms with Crippen molar-refractivity contribution in [1.29, 1.82) is 0 Å². The molecule has 1 heterocycles. The molecule has 1 amide bonds. The Morgan fingerprint density at radius 1 is 1.07 bits per heavy atom. The first kappa shape index (κ1) is 22.5. The lowest BCUT2D eigenvalue weighted by Gasteiger charge is -2.32. The van der Waals surface area contributed by atoms with Crippen LogP contribution in [-0.2, 0) is 20.2 Å². The van der Waals surface area contributed by atoms with Crippen molar-refractivity contribution in [1.82, 2.24) is 9.62 Å². The van der Waals surface area contributed by atoms with Crippen molar-refractivity contribution in [2.75, 3.05) is 13.1 Å². The Labute approximate surface area is 180 Å². The minimum Gasteiger partial charge on any atom is -0.349 e. The molecular weight excluding hydrogens is 396 g/mol. The van der Waals surface area contributed by atoms with E-state index < -0.39 is 10.0 Å². The van der Waals surface area contributed by atoms with E-state index in [4.69, 9.17) is 0 Å². The molecule has 1 saturated heterocycles. The van der Waals surface area contributed by atoms with Crippen molar-refractivity contribution < 1.29 is 13.2 Å².